The van der Waals surface area contributed by atoms with Crippen LogP contribution in [0.2, 0.25) is 0 Å². The van der Waals surface area contributed by atoms with Crippen molar-refractivity contribution in [3.05, 3.63) is 0 Å². The van der Waals surface area contributed by atoms with E-state index in [0.29, 0.717) is 0 Å². The molecule has 0 aromatic heterocycles. The number of carbonyl (C=O) groups excluding carboxylic acids is 2. The molecule has 0 N–H and O–H groups in total. The van der Waals surface area contributed by atoms with E-state index in [1.165, 1.54) is 13.8 Å². The molecule has 0 amide bonds. The topological polar surface area (TPSA) is 61.8 Å². The zero-order chi connectivity index (χ0) is 12.3. The highest BCUT2D eigenvalue weighted by molar-refractivity contribution is 5.67. The molecule has 1 unspecified atom stereocenters. The van der Waals surface area contributed by atoms with Gasteiger partial charge in [-0.25, -0.2) is 0 Å². The van der Waals surface area contributed by atoms with Gasteiger partial charge in [0.25, 0.3) is 0 Å². The number of rotatable bonds is 3. The predicted molar refractivity (Wildman–Crippen MR) is 55.4 cm³/mol. The van der Waals surface area contributed by atoms with Crippen LogP contribution in [0.4, 0.5) is 0 Å². The van der Waals surface area contributed by atoms with Crippen molar-refractivity contribution < 1.29 is 23.8 Å². The van der Waals surface area contributed by atoms with Crippen molar-refractivity contribution in [3.8, 4) is 0 Å². The Bertz CT molecular complexity index is 276. The summed E-state index contributed by atoms with van der Waals surface area (Å²) in [6.07, 6.45) is -0.544. The predicted octanol–water partition coefficient (Wildman–Crippen LogP) is 1.25. The van der Waals surface area contributed by atoms with E-state index < -0.39 is 24.3 Å². The van der Waals surface area contributed by atoms with Gasteiger partial charge in [-0.15, -0.1) is 0 Å². The average Bonchev–Trinajstić information content (AvgIpc) is 2.44. The Morgan fingerprint density at radius 1 is 1.19 bits per heavy atom. The maximum absolute atomic E-state index is 11.0. The van der Waals surface area contributed by atoms with Crippen LogP contribution in [0.1, 0.15) is 34.1 Å². The molecule has 0 aromatic rings. The van der Waals surface area contributed by atoms with E-state index in [1.54, 1.807) is 0 Å². The highest BCUT2D eigenvalue weighted by Gasteiger charge is 2.45. The standard InChI is InChI=1S/C11H18O5/c1-5-9-6(2)10(14-7(3)12)11(16-9)15-8(4)13/h6,9-11H,5H2,1-4H3/t6-,9+,10+,11?/m1/s1. The van der Waals surface area contributed by atoms with Gasteiger partial charge in [-0.3, -0.25) is 9.59 Å². The molecule has 5 nitrogen and oxygen atoms in total. The summed E-state index contributed by atoms with van der Waals surface area (Å²) >= 11 is 0. The Morgan fingerprint density at radius 3 is 2.19 bits per heavy atom. The van der Waals surface area contributed by atoms with Gasteiger partial charge >= 0.3 is 11.9 Å². The van der Waals surface area contributed by atoms with E-state index >= 15 is 0 Å². The van der Waals surface area contributed by atoms with E-state index in [0.717, 1.165) is 6.42 Å². The van der Waals surface area contributed by atoms with Crippen molar-refractivity contribution in [2.75, 3.05) is 0 Å². The maximum atomic E-state index is 11.0. The fraction of sp³-hybridized carbons (Fsp3) is 0.818. The highest BCUT2D eigenvalue weighted by atomic mass is 16.7. The zero-order valence-electron chi connectivity index (χ0n) is 10.1. The third-order valence-corrected chi connectivity index (χ3v) is 2.67. The second-order valence-corrected chi connectivity index (χ2v) is 3.99. The number of hydrogen-bond donors (Lipinski definition) is 0. The number of esters is 2. The number of hydrogen-bond acceptors (Lipinski definition) is 5. The molecule has 0 radical (unpaired) electrons. The summed E-state index contributed by atoms with van der Waals surface area (Å²) in [6.45, 7) is 6.53. The lowest BCUT2D eigenvalue weighted by atomic mass is 9.99. The van der Waals surface area contributed by atoms with Gasteiger partial charge in [-0.05, 0) is 6.42 Å². The molecule has 1 aliphatic rings. The molecule has 0 saturated carbocycles. The lowest BCUT2D eigenvalue weighted by Crippen LogP contribution is -2.33. The summed E-state index contributed by atoms with van der Waals surface area (Å²) < 4.78 is 15.6. The van der Waals surface area contributed by atoms with Crippen LogP contribution in [0.5, 0.6) is 0 Å². The molecular formula is C11H18O5. The first-order valence-corrected chi connectivity index (χ1v) is 5.45. The summed E-state index contributed by atoms with van der Waals surface area (Å²) in [5.74, 6) is -0.807. The molecular weight excluding hydrogens is 212 g/mol. The molecule has 0 spiro atoms. The molecule has 5 heteroatoms. The second kappa shape index (κ2) is 5.30. The van der Waals surface area contributed by atoms with E-state index in [4.69, 9.17) is 14.2 Å². The van der Waals surface area contributed by atoms with E-state index in [-0.39, 0.29) is 12.0 Å². The van der Waals surface area contributed by atoms with Gasteiger partial charge in [0.1, 0.15) is 0 Å². The quantitative estimate of drug-likeness (QED) is 0.683. The number of ether oxygens (including phenoxy) is 3. The molecule has 1 fully saturated rings. The summed E-state index contributed by atoms with van der Waals surface area (Å²) in [4.78, 5) is 21.8. The SMILES string of the molecule is CC[C@@H]1OC(OC(C)=O)[C@@H](OC(C)=O)[C@@H]1C. The number of carbonyl (C=O) groups is 2. The van der Waals surface area contributed by atoms with Crippen molar-refractivity contribution in [2.24, 2.45) is 5.92 Å². The fourth-order valence-electron chi connectivity index (χ4n) is 1.91. The third-order valence-electron chi connectivity index (χ3n) is 2.67. The Hall–Kier alpha value is -1.10. The van der Waals surface area contributed by atoms with E-state index in [9.17, 15) is 9.59 Å². The van der Waals surface area contributed by atoms with E-state index in [1.807, 2.05) is 13.8 Å². The highest BCUT2D eigenvalue weighted by Crippen LogP contribution is 2.31. The minimum absolute atomic E-state index is 0.0262. The smallest absolute Gasteiger partial charge is 0.305 e. The van der Waals surface area contributed by atoms with Crippen LogP contribution in [0, 0.1) is 5.92 Å². The molecule has 0 bridgehead atoms. The Balaban J connectivity index is 2.72. The van der Waals surface area contributed by atoms with Gasteiger partial charge < -0.3 is 14.2 Å². The second-order valence-electron chi connectivity index (χ2n) is 3.99. The summed E-state index contributed by atoms with van der Waals surface area (Å²) in [5, 5.41) is 0. The molecule has 1 saturated heterocycles. The van der Waals surface area contributed by atoms with Gasteiger partial charge in [0.05, 0.1) is 6.10 Å². The van der Waals surface area contributed by atoms with Crippen LogP contribution >= 0.6 is 0 Å². The first kappa shape index (κ1) is 13.0. The molecule has 1 heterocycles. The van der Waals surface area contributed by atoms with Gasteiger partial charge in [0.2, 0.25) is 6.29 Å². The first-order valence-electron chi connectivity index (χ1n) is 5.45. The van der Waals surface area contributed by atoms with Crippen LogP contribution in [0.3, 0.4) is 0 Å². The van der Waals surface area contributed by atoms with Crippen LogP contribution in [0.25, 0.3) is 0 Å². The molecule has 0 aliphatic carbocycles. The van der Waals surface area contributed by atoms with Gasteiger partial charge in [0, 0.05) is 19.8 Å². The lowest BCUT2D eigenvalue weighted by molar-refractivity contribution is -0.194. The van der Waals surface area contributed by atoms with Crippen molar-refractivity contribution in [2.45, 2.75) is 52.6 Å². The Labute approximate surface area is 95.0 Å². The van der Waals surface area contributed by atoms with Gasteiger partial charge in [-0.2, -0.15) is 0 Å². The largest absolute Gasteiger partial charge is 0.455 e. The van der Waals surface area contributed by atoms with Crippen LogP contribution in [-0.2, 0) is 23.8 Å². The third kappa shape index (κ3) is 2.95. The van der Waals surface area contributed by atoms with Crippen molar-refractivity contribution in [1.29, 1.82) is 0 Å². The minimum Gasteiger partial charge on any atom is -0.455 e. The Kier molecular flexibility index (Phi) is 4.29. The first-order chi connectivity index (χ1) is 7.45. The molecule has 92 valence electrons. The van der Waals surface area contributed by atoms with Crippen molar-refractivity contribution in [3.63, 3.8) is 0 Å². The van der Waals surface area contributed by atoms with Crippen LogP contribution < -0.4 is 0 Å². The fourth-order valence-corrected chi connectivity index (χ4v) is 1.91. The maximum Gasteiger partial charge on any atom is 0.305 e. The molecule has 4 atom stereocenters. The monoisotopic (exact) mass is 230 g/mol. The summed E-state index contributed by atoms with van der Waals surface area (Å²) in [5.41, 5.74) is 0. The molecule has 16 heavy (non-hydrogen) atoms. The van der Waals surface area contributed by atoms with Crippen molar-refractivity contribution in [1.82, 2.24) is 0 Å². The van der Waals surface area contributed by atoms with Crippen LogP contribution in [-0.4, -0.2) is 30.4 Å². The van der Waals surface area contributed by atoms with Crippen molar-refractivity contribution >= 4 is 11.9 Å². The molecule has 0 aromatic carbocycles. The van der Waals surface area contributed by atoms with Gasteiger partial charge in [-0.1, -0.05) is 13.8 Å². The summed E-state index contributed by atoms with van der Waals surface area (Å²) in [6, 6.07) is 0. The zero-order valence-corrected chi connectivity index (χ0v) is 10.1. The summed E-state index contributed by atoms with van der Waals surface area (Å²) in [7, 11) is 0. The lowest BCUT2D eigenvalue weighted by Gasteiger charge is -2.19. The van der Waals surface area contributed by atoms with Gasteiger partial charge in [0.15, 0.2) is 6.10 Å². The molecule has 1 aliphatic heterocycles. The molecule has 1 rings (SSSR count). The Morgan fingerprint density at radius 2 is 1.75 bits per heavy atom. The minimum atomic E-state index is -0.777. The normalized spacial score (nSPS) is 33.5. The van der Waals surface area contributed by atoms with Crippen LogP contribution in [0.15, 0.2) is 0 Å². The average molecular weight is 230 g/mol. The van der Waals surface area contributed by atoms with E-state index in [2.05, 4.69) is 0 Å².